The molecule has 2 aromatic rings. The van der Waals surface area contributed by atoms with Crippen LogP contribution < -0.4 is 10.6 Å². The predicted molar refractivity (Wildman–Crippen MR) is 125 cm³/mol. The van der Waals surface area contributed by atoms with E-state index in [1.807, 2.05) is 30.3 Å². The number of fused-ring (bicyclic) bond motifs is 2. The van der Waals surface area contributed by atoms with Crippen LogP contribution in [0.1, 0.15) is 27.0 Å². The van der Waals surface area contributed by atoms with E-state index in [9.17, 15) is 9.59 Å². The van der Waals surface area contributed by atoms with Crippen molar-refractivity contribution in [1.29, 1.82) is 0 Å². The smallest absolute Gasteiger partial charge is 0.260 e. The van der Waals surface area contributed by atoms with E-state index in [-0.39, 0.29) is 18.4 Å². The topological polar surface area (TPSA) is 115 Å². The first-order chi connectivity index (χ1) is 16.7. The van der Waals surface area contributed by atoms with Crippen LogP contribution in [0.4, 0.5) is 5.69 Å². The van der Waals surface area contributed by atoms with Gasteiger partial charge in [0.15, 0.2) is 0 Å². The fourth-order valence-electron chi connectivity index (χ4n) is 3.80. The maximum absolute atomic E-state index is 12.5. The number of carbonyl (C=O) groups excluding carboxylic acids is 2. The van der Waals surface area contributed by atoms with Gasteiger partial charge in [-0.15, -0.1) is 0 Å². The molecule has 2 aliphatic rings. The number of para-hydroxylation sites is 1. The number of rotatable bonds is 12. The van der Waals surface area contributed by atoms with Crippen LogP contribution in [-0.2, 0) is 30.3 Å². The van der Waals surface area contributed by atoms with Gasteiger partial charge >= 0.3 is 0 Å². The number of anilines is 1. The van der Waals surface area contributed by atoms with Gasteiger partial charge in [-0.25, -0.2) is 0 Å². The third kappa shape index (κ3) is 5.63. The Bertz CT molecular complexity index is 1070. The average molecular weight is 469 g/mol. The molecule has 4 rings (SSSR count). The van der Waals surface area contributed by atoms with E-state index in [2.05, 4.69) is 10.6 Å². The molecule has 0 saturated heterocycles. The SMILES string of the molecule is O=C1Nc2ccccc2C1=C1OCc2cc(C(=O)NCCOCCOCCOCCO)ccc21. The van der Waals surface area contributed by atoms with E-state index in [0.29, 0.717) is 69.7 Å². The van der Waals surface area contributed by atoms with Crippen molar-refractivity contribution in [1.82, 2.24) is 5.32 Å². The summed E-state index contributed by atoms with van der Waals surface area (Å²) in [7, 11) is 0. The van der Waals surface area contributed by atoms with Crippen LogP contribution in [0.15, 0.2) is 42.5 Å². The number of hydrogen-bond acceptors (Lipinski definition) is 7. The molecule has 0 unspecified atom stereocenters. The second-order valence-corrected chi connectivity index (χ2v) is 7.68. The van der Waals surface area contributed by atoms with Gasteiger partial charge in [-0.3, -0.25) is 9.59 Å². The second-order valence-electron chi connectivity index (χ2n) is 7.68. The van der Waals surface area contributed by atoms with E-state index < -0.39 is 0 Å². The lowest BCUT2D eigenvalue weighted by Gasteiger charge is -2.08. The lowest BCUT2D eigenvalue weighted by molar-refractivity contribution is -0.110. The van der Waals surface area contributed by atoms with Crippen LogP contribution in [0.25, 0.3) is 11.3 Å². The minimum atomic E-state index is -0.200. The highest BCUT2D eigenvalue weighted by atomic mass is 16.5. The molecule has 180 valence electrons. The van der Waals surface area contributed by atoms with E-state index >= 15 is 0 Å². The molecule has 2 amide bonds. The van der Waals surface area contributed by atoms with Crippen LogP contribution in [-0.4, -0.2) is 69.7 Å². The van der Waals surface area contributed by atoms with Crippen molar-refractivity contribution < 1.29 is 33.6 Å². The number of aliphatic hydroxyl groups excluding tert-OH is 1. The Balaban J connectivity index is 1.25. The molecule has 2 aromatic carbocycles. The third-order valence-electron chi connectivity index (χ3n) is 5.39. The fraction of sp³-hybridized carbons (Fsp3) is 0.360. The fourth-order valence-corrected chi connectivity index (χ4v) is 3.80. The van der Waals surface area contributed by atoms with Gasteiger partial charge in [0.1, 0.15) is 12.4 Å². The first kappa shape index (κ1) is 23.9. The zero-order valence-electron chi connectivity index (χ0n) is 18.8. The highest BCUT2D eigenvalue weighted by molar-refractivity contribution is 6.36. The normalized spacial score (nSPS) is 16.1. The molecule has 9 nitrogen and oxygen atoms in total. The van der Waals surface area contributed by atoms with Gasteiger partial charge in [-0.2, -0.15) is 0 Å². The summed E-state index contributed by atoms with van der Waals surface area (Å²) in [5, 5.41) is 14.3. The molecule has 0 saturated carbocycles. The van der Waals surface area contributed by atoms with Gasteiger partial charge in [0.05, 0.1) is 51.8 Å². The molecule has 2 heterocycles. The van der Waals surface area contributed by atoms with Crippen molar-refractivity contribution in [2.24, 2.45) is 0 Å². The number of carbonyl (C=O) groups is 2. The van der Waals surface area contributed by atoms with Gasteiger partial charge < -0.3 is 34.7 Å². The van der Waals surface area contributed by atoms with Gasteiger partial charge in [0, 0.05) is 34.5 Å². The zero-order valence-corrected chi connectivity index (χ0v) is 18.8. The predicted octanol–water partition coefficient (Wildman–Crippen LogP) is 1.81. The van der Waals surface area contributed by atoms with E-state index in [4.69, 9.17) is 24.1 Å². The van der Waals surface area contributed by atoms with Gasteiger partial charge in [0.2, 0.25) is 0 Å². The van der Waals surface area contributed by atoms with E-state index in [1.54, 1.807) is 12.1 Å². The third-order valence-corrected chi connectivity index (χ3v) is 5.39. The molecule has 0 bridgehead atoms. The number of amides is 2. The molecule has 3 N–H and O–H groups in total. The Kier molecular flexibility index (Phi) is 8.26. The number of nitrogens with one attached hydrogen (secondary N) is 2. The molecular weight excluding hydrogens is 440 g/mol. The quantitative estimate of drug-likeness (QED) is 0.321. The summed E-state index contributed by atoms with van der Waals surface area (Å²) in [6.45, 7) is 3.08. The Morgan fingerprint density at radius 1 is 0.971 bits per heavy atom. The van der Waals surface area contributed by atoms with Crippen molar-refractivity contribution >= 4 is 28.8 Å². The number of ether oxygens (including phenoxy) is 4. The molecule has 0 spiro atoms. The van der Waals surface area contributed by atoms with E-state index in [1.165, 1.54) is 0 Å². The minimum absolute atomic E-state index is 0.000819. The van der Waals surface area contributed by atoms with Crippen LogP contribution in [0.5, 0.6) is 0 Å². The Morgan fingerprint density at radius 2 is 1.71 bits per heavy atom. The molecule has 0 fully saturated rings. The van der Waals surface area contributed by atoms with Crippen molar-refractivity contribution in [3.63, 3.8) is 0 Å². The van der Waals surface area contributed by atoms with Gasteiger partial charge in [-0.05, 0) is 18.2 Å². The Labute approximate surface area is 197 Å². The van der Waals surface area contributed by atoms with Gasteiger partial charge in [-0.1, -0.05) is 24.3 Å². The maximum atomic E-state index is 12.5. The van der Waals surface area contributed by atoms with Crippen LogP contribution in [0.2, 0.25) is 0 Å². The monoisotopic (exact) mass is 468 g/mol. The van der Waals surface area contributed by atoms with Crippen molar-refractivity contribution in [3.8, 4) is 0 Å². The largest absolute Gasteiger partial charge is 0.487 e. The lowest BCUT2D eigenvalue weighted by atomic mass is 9.99. The molecule has 9 heteroatoms. The maximum Gasteiger partial charge on any atom is 0.260 e. The molecule has 2 aliphatic heterocycles. The summed E-state index contributed by atoms with van der Waals surface area (Å²) in [6, 6.07) is 12.9. The van der Waals surface area contributed by atoms with Crippen molar-refractivity contribution in [2.75, 3.05) is 58.1 Å². The number of hydrogen-bond donors (Lipinski definition) is 3. The Hall–Kier alpha value is -3.24. The summed E-state index contributed by atoms with van der Waals surface area (Å²) in [5.41, 5.74) is 4.31. The molecule has 0 atom stereocenters. The summed E-state index contributed by atoms with van der Waals surface area (Å²) >= 11 is 0. The lowest BCUT2D eigenvalue weighted by Crippen LogP contribution is -2.27. The molecule has 0 aromatic heterocycles. The molecule has 0 radical (unpaired) electrons. The number of benzene rings is 2. The minimum Gasteiger partial charge on any atom is -0.487 e. The second kappa shape index (κ2) is 11.8. The highest BCUT2D eigenvalue weighted by Crippen LogP contribution is 2.41. The first-order valence-corrected chi connectivity index (χ1v) is 11.2. The summed E-state index contributed by atoms with van der Waals surface area (Å²) in [6.07, 6.45) is 0. The first-order valence-electron chi connectivity index (χ1n) is 11.2. The molecular formula is C25H28N2O7. The van der Waals surface area contributed by atoms with Crippen LogP contribution in [0, 0.1) is 0 Å². The highest BCUT2D eigenvalue weighted by Gasteiger charge is 2.32. The molecule has 0 aliphatic carbocycles. The standard InChI is InChI=1S/C25H28N2O7/c28-8-10-32-12-14-33-13-11-31-9-7-26-24(29)17-5-6-19-18(15-17)16-34-23(19)22-20-3-1-2-4-21(20)27-25(22)30/h1-6,15,28H,7-14,16H2,(H,26,29)(H,27,30). The summed E-state index contributed by atoms with van der Waals surface area (Å²) in [5.74, 6) is 0.153. The van der Waals surface area contributed by atoms with Crippen LogP contribution in [0.3, 0.4) is 0 Å². The van der Waals surface area contributed by atoms with E-state index in [0.717, 1.165) is 22.4 Å². The number of aliphatic hydroxyl groups is 1. The molecule has 34 heavy (non-hydrogen) atoms. The summed E-state index contributed by atoms with van der Waals surface area (Å²) < 4.78 is 21.7. The van der Waals surface area contributed by atoms with Crippen LogP contribution >= 0.6 is 0 Å². The zero-order chi connectivity index (χ0) is 23.8. The Morgan fingerprint density at radius 3 is 2.50 bits per heavy atom. The van der Waals surface area contributed by atoms with Crippen molar-refractivity contribution in [3.05, 3.63) is 64.7 Å². The van der Waals surface area contributed by atoms with Crippen molar-refractivity contribution in [2.45, 2.75) is 6.61 Å². The van der Waals surface area contributed by atoms with Gasteiger partial charge in [0.25, 0.3) is 11.8 Å². The summed E-state index contributed by atoms with van der Waals surface area (Å²) in [4.78, 5) is 25.1. The average Bonchev–Trinajstić information content (AvgIpc) is 3.41.